The van der Waals surface area contributed by atoms with Gasteiger partial charge >= 0.3 is 0 Å². The third-order valence-corrected chi connectivity index (χ3v) is 2.78. The fraction of sp³-hybridized carbons (Fsp3) is 0.571. The van der Waals surface area contributed by atoms with Crippen molar-refractivity contribution in [2.75, 3.05) is 13.6 Å². The van der Waals surface area contributed by atoms with Gasteiger partial charge in [-0.15, -0.1) is 0 Å². The molecule has 0 radical (unpaired) electrons. The molecular formula is C14H24N2. The first-order valence-corrected chi connectivity index (χ1v) is 6.11. The van der Waals surface area contributed by atoms with Gasteiger partial charge in [0.05, 0.1) is 0 Å². The largest absolute Gasteiger partial charge is 0.327 e. The van der Waals surface area contributed by atoms with Crippen molar-refractivity contribution in [3.63, 3.8) is 0 Å². The molecule has 0 heterocycles. The zero-order valence-electron chi connectivity index (χ0n) is 10.7. The molecule has 1 rings (SSSR count). The van der Waals surface area contributed by atoms with Crippen LogP contribution in [0.1, 0.15) is 30.9 Å². The summed E-state index contributed by atoms with van der Waals surface area (Å²) >= 11 is 0. The zero-order valence-corrected chi connectivity index (χ0v) is 10.7. The second-order valence-electron chi connectivity index (χ2n) is 4.73. The van der Waals surface area contributed by atoms with Crippen molar-refractivity contribution >= 4 is 0 Å². The second kappa shape index (κ2) is 6.66. The number of nitrogens with zero attached hydrogens (tertiary/aromatic N) is 1. The maximum Gasteiger partial charge on any atom is 0.0231 e. The topological polar surface area (TPSA) is 29.3 Å². The highest BCUT2D eigenvalue weighted by atomic mass is 15.1. The molecule has 2 heteroatoms. The summed E-state index contributed by atoms with van der Waals surface area (Å²) in [6.07, 6.45) is 2.28. The molecule has 0 saturated heterocycles. The number of likely N-dealkylation sites (N-methyl/N-ethyl adjacent to an activating group) is 1. The summed E-state index contributed by atoms with van der Waals surface area (Å²) in [6, 6.07) is 9.01. The maximum absolute atomic E-state index is 6.02. The van der Waals surface area contributed by atoms with E-state index in [0.29, 0.717) is 6.04 Å². The van der Waals surface area contributed by atoms with Crippen molar-refractivity contribution in [3.8, 4) is 0 Å². The average Bonchev–Trinajstić information content (AvgIpc) is 2.21. The molecular weight excluding hydrogens is 196 g/mol. The SMILES string of the molecule is CCCC(N)CN(C)Cc1ccc(C)cc1. The normalized spacial score (nSPS) is 13.1. The first-order valence-electron chi connectivity index (χ1n) is 6.11. The van der Waals surface area contributed by atoms with Crippen LogP contribution in [0.25, 0.3) is 0 Å². The van der Waals surface area contributed by atoms with Gasteiger partial charge in [-0.2, -0.15) is 0 Å². The highest BCUT2D eigenvalue weighted by molar-refractivity contribution is 5.21. The highest BCUT2D eigenvalue weighted by Crippen LogP contribution is 2.06. The van der Waals surface area contributed by atoms with Crippen LogP contribution >= 0.6 is 0 Å². The van der Waals surface area contributed by atoms with Gasteiger partial charge in [-0.1, -0.05) is 43.2 Å². The summed E-state index contributed by atoms with van der Waals surface area (Å²) in [6.45, 7) is 6.25. The molecule has 90 valence electrons. The van der Waals surface area contributed by atoms with Crippen molar-refractivity contribution in [1.29, 1.82) is 0 Å². The van der Waals surface area contributed by atoms with Gasteiger partial charge in [0, 0.05) is 19.1 Å². The molecule has 0 amide bonds. The Morgan fingerprint density at radius 3 is 2.44 bits per heavy atom. The molecule has 0 aliphatic carbocycles. The number of benzene rings is 1. The molecule has 0 fully saturated rings. The van der Waals surface area contributed by atoms with E-state index in [-0.39, 0.29) is 0 Å². The molecule has 0 bridgehead atoms. The van der Waals surface area contributed by atoms with E-state index in [0.717, 1.165) is 19.5 Å². The molecule has 0 aliphatic heterocycles. The monoisotopic (exact) mass is 220 g/mol. The van der Waals surface area contributed by atoms with Gasteiger partial charge in [-0.05, 0) is 26.0 Å². The van der Waals surface area contributed by atoms with Crippen molar-refractivity contribution in [2.45, 2.75) is 39.3 Å². The summed E-state index contributed by atoms with van der Waals surface area (Å²) < 4.78 is 0. The number of rotatable bonds is 6. The summed E-state index contributed by atoms with van der Waals surface area (Å²) in [5.74, 6) is 0. The molecule has 16 heavy (non-hydrogen) atoms. The van der Waals surface area contributed by atoms with Crippen LogP contribution in [0.5, 0.6) is 0 Å². The minimum absolute atomic E-state index is 0.306. The molecule has 2 nitrogen and oxygen atoms in total. The van der Waals surface area contributed by atoms with E-state index in [1.165, 1.54) is 17.5 Å². The Labute approximate surface area is 99.5 Å². The van der Waals surface area contributed by atoms with E-state index in [1.807, 2.05) is 0 Å². The Bertz CT molecular complexity index is 292. The Hall–Kier alpha value is -0.860. The molecule has 0 aromatic heterocycles. The van der Waals surface area contributed by atoms with Crippen molar-refractivity contribution in [1.82, 2.24) is 4.90 Å². The van der Waals surface area contributed by atoms with E-state index in [4.69, 9.17) is 5.73 Å². The Kier molecular flexibility index (Phi) is 5.50. The maximum atomic E-state index is 6.02. The van der Waals surface area contributed by atoms with Gasteiger partial charge in [0.1, 0.15) is 0 Å². The van der Waals surface area contributed by atoms with Gasteiger partial charge in [0.25, 0.3) is 0 Å². The van der Waals surface area contributed by atoms with Crippen LogP contribution < -0.4 is 5.73 Å². The summed E-state index contributed by atoms with van der Waals surface area (Å²) in [4.78, 5) is 2.30. The van der Waals surface area contributed by atoms with E-state index in [9.17, 15) is 0 Å². The fourth-order valence-corrected chi connectivity index (χ4v) is 1.93. The van der Waals surface area contributed by atoms with Crippen LogP contribution in [0.4, 0.5) is 0 Å². The lowest BCUT2D eigenvalue weighted by atomic mass is 10.1. The lowest BCUT2D eigenvalue weighted by Gasteiger charge is -2.21. The molecule has 0 spiro atoms. The minimum Gasteiger partial charge on any atom is -0.327 e. The molecule has 1 aromatic carbocycles. The van der Waals surface area contributed by atoms with Gasteiger partial charge in [0.2, 0.25) is 0 Å². The Morgan fingerprint density at radius 2 is 1.88 bits per heavy atom. The number of aryl methyl sites for hydroxylation is 1. The lowest BCUT2D eigenvalue weighted by Crippen LogP contribution is -2.34. The van der Waals surface area contributed by atoms with Crippen LogP contribution in [0.15, 0.2) is 24.3 Å². The summed E-state index contributed by atoms with van der Waals surface area (Å²) in [5.41, 5.74) is 8.69. The van der Waals surface area contributed by atoms with Gasteiger partial charge in [-0.3, -0.25) is 0 Å². The van der Waals surface area contributed by atoms with E-state index >= 15 is 0 Å². The molecule has 2 N–H and O–H groups in total. The summed E-state index contributed by atoms with van der Waals surface area (Å²) in [5, 5.41) is 0. The van der Waals surface area contributed by atoms with Crippen molar-refractivity contribution in [3.05, 3.63) is 35.4 Å². The Balaban J connectivity index is 2.39. The number of nitrogens with two attached hydrogens (primary N) is 1. The van der Waals surface area contributed by atoms with Crippen molar-refractivity contribution in [2.24, 2.45) is 5.73 Å². The molecule has 0 saturated carbocycles. The lowest BCUT2D eigenvalue weighted by molar-refractivity contribution is 0.297. The average molecular weight is 220 g/mol. The Morgan fingerprint density at radius 1 is 1.25 bits per heavy atom. The summed E-state index contributed by atoms with van der Waals surface area (Å²) in [7, 11) is 2.13. The highest BCUT2D eigenvalue weighted by Gasteiger charge is 2.06. The van der Waals surface area contributed by atoms with Crippen LogP contribution in [0.3, 0.4) is 0 Å². The zero-order chi connectivity index (χ0) is 12.0. The predicted octanol–water partition coefficient (Wildman–Crippen LogP) is 2.55. The van der Waals surface area contributed by atoms with Gasteiger partial charge in [-0.25, -0.2) is 0 Å². The molecule has 1 atom stereocenters. The predicted molar refractivity (Wildman–Crippen MR) is 70.4 cm³/mol. The first-order chi connectivity index (χ1) is 7.61. The van der Waals surface area contributed by atoms with E-state index in [2.05, 4.69) is 50.1 Å². The second-order valence-corrected chi connectivity index (χ2v) is 4.73. The quantitative estimate of drug-likeness (QED) is 0.798. The molecule has 1 aromatic rings. The smallest absolute Gasteiger partial charge is 0.0231 e. The van der Waals surface area contributed by atoms with Gasteiger partial charge in [0.15, 0.2) is 0 Å². The third kappa shape index (κ3) is 4.77. The van der Waals surface area contributed by atoms with E-state index in [1.54, 1.807) is 0 Å². The standard InChI is InChI=1S/C14H24N2/c1-4-5-14(15)11-16(3)10-13-8-6-12(2)7-9-13/h6-9,14H,4-5,10-11,15H2,1-3H3. The molecule has 1 unspecified atom stereocenters. The van der Waals surface area contributed by atoms with Gasteiger partial charge < -0.3 is 10.6 Å². The third-order valence-electron chi connectivity index (χ3n) is 2.78. The van der Waals surface area contributed by atoms with Crippen LogP contribution in [0.2, 0.25) is 0 Å². The van der Waals surface area contributed by atoms with Crippen LogP contribution in [-0.4, -0.2) is 24.5 Å². The number of hydrogen-bond acceptors (Lipinski definition) is 2. The van der Waals surface area contributed by atoms with Crippen molar-refractivity contribution < 1.29 is 0 Å². The minimum atomic E-state index is 0.306. The van der Waals surface area contributed by atoms with E-state index < -0.39 is 0 Å². The van der Waals surface area contributed by atoms with Crippen LogP contribution in [-0.2, 0) is 6.54 Å². The van der Waals surface area contributed by atoms with Crippen LogP contribution in [0, 0.1) is 6.92 Å². The molecule has 0 aliphatic rings. The fourth-order valence-electron chi connectivity index (χ4n) is 1.93. The number of hydrogen-bond donors (Lipinski definition) is 1. The first kappa shape index (κ1) is 13.2.